The van der Waals surface area contributed by atoms with Gasteiger partial charge in [0.15, 0.2) is 5.58 Å². The van der Waals surface area contributed by atoms with E-state index in [9.17, 15) is 9.59 Å². The first-order chi connectivity index (χ1) is 16.2. The second-order valence-corrected chi connectivity index (χ2v) is 8.02. The molecule has 170 valence electrons. The summed E-state index contributed by atoms with van der Waals surface area (Å²) in [5.41, 5.74) is 2.43. The Bertz CT molecular complexity index is 1290. The predicted octanol–water partition coefficient (Wildman–Crippen LogP) is 2.36. The number of aromatic nitrogens is 3. The third kappa shape index (κ3) is 4.58. The number of benzene rings is 2. The fourth-order valence-corrected chi connectivity index (χ4v) is 4.14. The van der Waals surface area contributed by atoms with Crippen LogP contribution >= 0.6 is 0 Å². The van der Waals surface area contributed by atoms with Crippen LogP contribution in [-0.4, -0.2) is 65.4 Å². The van der Waals surface area contributed by atoms with Crippen molar-refractivity contribution >= 4 is 33.8 Å². The zero-order chi connectivity index (χ0) is 22.6. The number of para-hydroxylation sites is 2. The molecule has 2 aromatic heterocycles. The quantitative estimate of drug-likeness (QED) is 0.434. The molecule has 33 heavy (non-hydrogen) atoms. The maximum Gasteiger partial charge on any atom is 0.298 e. The lowest BCUT2D eigenvalue weighted by Crippen LogP contribution is -2.49. The number of fused-ring (bicyclic) bond motifs is 2. The van der Waals surface area contributed by atoms with Crippen LogP contribution in [0.2, 0.25) is 0 Å². The zero-order valence-corrected chi connectivity index (χ0v) is 18.2. The van der Waals surface area contributed by atoms with Gasteiger partial charge < -0.3 is 19.0 Å². The monoisotopic (exact) mass is 447 g/mol. The normalized spacial score (nSPS) is 14.3. The molecule has 1 N–H and O–H groups in total. The molecule has 1 fully saturated rings. The molecular formula is C24H25N5O4. The van der Waals surface area contributed by atoms with E-state index < -0.39 is 0 Å². The van der Waals surface area contributed by atoms with Crippen molar-refractivity contribution in [1.29, 1.82) is 0 Å². The summed E-state index contributed by atoms with van der Waals surface area (Å²) in [6.07, 6.45) is 2.66. The molecule has 0 bridgehead atoms. The van der Waals surface area contributed by atoms with Gasteiger partial charge in [0.25, 0.3) is 11.6 Å². The number of H-pyrrole nitrogens is 1. The van der Waals surface area contributed by atoms with Crippen LogP contribution in [0.15, 0.2) is 57.9 Å². The fraction of sp³-hybridized carbons (Fsp3) is 0.333. The van der Waals surface area contributed by atoms with E-state index in [4.69, 9.17) is 9.15 Å². The van der Waals surface area contributed by atoms with Gasteiger partial charge in [0, 0.05) is 31.6 Å². The maximum absolute atomic E-state index is 12.6. The molecule has 4 aromatic rings. The summed E-state index contributed by atoms with van der Waals surface area (Å²) in [6, 6.07) is 13.9. The molecule has 0 radical (unpaired) electrons. The van der Waals surface area contributed by atoms with Gasteiger partial charge in [-0.3, -0.25) is 9.59 Å². The number of nitrogens with zero attached hydrogens (tertiary/aromatic N) is 4. The van der Waals surface area contributed by atoms with Gasteiger partial charge in [-0.05, 0) is 30.2 Å². The van der Waals surface area contributed by atoms with E-state index in [1.165, 1.54) is 0 Å². The van der Waals surface area contributed by atoms with Crippen LogP contribution in [0.1, 0.15) is 12.0 Å². The average Bonchev–Trinajstić information content (AvgIpc) is 3.29. The van der Waals surface area contributed by atoms with Gasteiger partial charge in [0.2, 0.25) is 5.91 Å². The molecule has 3 heterocycles. The lowest BCUT2D eigenvalue weighted by Gasteiger charge is -2.33. The second-order valence-electron chi connectivity index (χ2n) is 8.02. The van der Waals surface area contributed by atoms with E-state index in [-0.39, 0.29) is 11.5 Å². The van der Waals surface area contributed by atoms with Gasteiger partial charge in [0.1, 0.15) is 5.52 Å². The minimum absolute atomic E-state index is 0.0908. The number of oxazole rings is 1. The number of ether oxygens (including phenoxy) is 1. The first-order valence-electron chi connectivity index (χ1n) is 11.1. The predicted molar refractivity (Wildman–Crippen MR) is 124 cm³/mol. The maximum atomic E-state index is 12.6. The summed E-state index contributed by atoms with van der Waals surface area (Å²) in [4.78, 5) is 32.9. The highest BCUT2D eigenvalue weighted by molar-refractivity contribution is 5.84. The molecule has 5 rings (SSSR count). The van der Waals surface area contributed by atoms with Gasteiger partial charge in [-0.1, -0.05) is 24.3 Å². The number of anilines is 1. The third-order valence-corrected chi connectivity index (χ3v) is 5.96. The molecule has 0 unspecified atom stereocenters. The van der Waals surface area contributed by atoms with Crippen LogP contribution in [0.25, 0.3) is 21.9 Å². The van der Waals surface area contributed by atoms with Crippen LogP contribution in [0.3, 0.4) is 0 Å². The number of nitrogens with one attached hydrogen (secondary N) is 1. The lowest BCUT2D eigenvalue weighted by molar-refractivity contribution is -0.132. The second kappa shape index (κ2) is 9.41. The highest BCUT2D eigenvalue weighted by atomic mass is 16.5. The van der Waals surface area contributed by atoms with E-state index >= 15 is 0 Å². The molecule has 0 atom stereocenters. The van der Waals surface area contributed by atoms with Crippen LogP contribution in [0.5, 0.6) is 0 Å². The van der Waals surface area contributed by atoms with Crippen molar-refractivity contribution in [1.82, 2.24) is 20.1 Å². The third-order valence-electron chi connectivity index (χ3n) is 5.96. The van der Waals surface area contributed by atoms with Crippen molar-refractivity contribution in [2.45, 2.75) is 12.8 Å². The van der Waals surface area contributed by atoms with Crippen molar-refractivity contribution in [2.24, 2.45) is 0 Å². The van der Waals surface area contributed by atoms with Gasteiger partial charge in [0.05, 0.1) is 31.2 Å². The Kier molecular flexibility index (Phi) is 6.03. The highest BCUT2D eigenvalue weighted by Crippen LogP contribution is 2.22. The topological polar surface area (TPSA) is 105 Å². The van der Waals surface area contributed by atoms with Gasteiger partial charge in [-0.25, -0.2) is 5.10 Å². The first kappa shape index (κ1) is 21.1. The van der Waals surface area contributed by atoms with Crippen LogP contribution in [0, 0.1) is 0 Å². The summed E-state index contributed by atoms with van der Waals surface area (Å²) < 4.78 is 11.5. The van der Waals surface area contributed by atoms with Crippen LogP contribution in [0.4, 0.5) is 6.01 Å². The average molecular weight is 447 g/mol. The van der Waals surface area contributed by atoms with Gasteiger partial charge in [-0.2, -0.15) is 10.1 Å². The van der Waals surface area contributed by atoms with Gasteiger partial charge in [-0.15, -0.1) is 0 Å². The standard InChI is InChI=1S/C24H25N5O4/c30-22(9-15-32-14-8-17-4-3-5-18-19(17)16-25-27-23(18)31)28-10-12-29(13-11-28)24-26-20-6-1-2-7-21(20)33-24/h1-7,16H,8-15H2,(H,27,31). The minimum atomic E-state index is -0.197. The number of piperazine rings is 1. The van der Waals surface area contributed by atoms with E-state index in [1.54, 1.807) is 12.3 Å². The van der Waals surface area contributed by atoms with Crippen molar-refractivity contribution in [3.8, 4) is 0 Å². The van der Waals surface area contributed by atoms with Crippen LogP contribution in [-0.2, 0) is 16.0 Å². The molecule has 2 aromatic carbocycles. The van der Waals surface area contributed by atoms with Crippen molar-refractivity contribution in [3.63, 3.8) is 0 Å². The summed E-state index contributed by atoms with van der Waals surface area (Å²) in [5.74, 6) is 0.0908. The van der Waals surface area contributed by atoms with Crippen LogP contribution < -0.4 is 10.5 Å². The fourth-order valence-electron chi connectivity index (χ4n) is 4.14. The van der Waals surface area contributed by atoms with Gasteiger partial charge >= 0.3 is 0 Å². The minimum Gasteiger partial charge on any atom is -0.423 e. The molecule has 1 aliphatic heterocycles. The van der Waals surface area contributed by atoms with E-state index in [1.807, 2.05) is 41.3 Å². The summed E-state index contributed by atoms with van der Waals surface area (Å²) in [5, 5.41) is 7.79. The molecule has 0 aliphatic carbocycles. The molecule has 9 heteroatoms. The largest absolute Gasteiger partial charge is 0.423 e. The molecule has 1 aliphatic rings. The number of hydrogen-bond acceptors (Lipinski definition) is 7. The summed E-state index contributed by atoms with van der Waals surface area (Å²) in [7, 11) is 0. The van der Waals surface area contributed by atoms with E-state index in [2.05, 4.69) is 20.1 Å². The van der Waals surface area contributed by atoms with Crippen molar-refractivity contribution in [2.75, 3.05) is 44.3 Å². The Morgan fingerprint density at radius 2 is 1.88 bits per heavy atom. The number of amides is 1. The lowest BCUT2D eigenvalue weighted by atomic mass is 10.1. The molecular weight excluding hydrogens is 422 g/mol. The number of hydrogen-bond donors (Lipinski definition) is 1. The zero-order valence-electron chi connectivity index (χ0n) is 18.2. The molecule has 9 nitrogen and oxygen atoms in total. The first-order valence-corrected chi connectivity index (χ1v) is 11.1. The Morgan fingerprint density at radius 1 is 1.03 bits per heavy atom. The highest BCUT2D eigenvalue weighted by Gasteiger charge is 2.23. The number of aromatic amines is 1. The Labute approximate surface area is 190 Å². The Balaban J connectivity index is 1.06. The van der Waals surface area contributed by atoms with Crippen molar-refractivity contribution < 1.29 is 13.9 Å². The molecule has 1 amide bonds. The molecule has 0 saturated carbocycles. The van der Waals surface area contributed by atoms with E-state index in [0.29, 0.717) is 63.6 Å². The number of rotatable bonds is 7. The Morgan fingerprint density at radius 3 is 2.73 bits per heavy atom. The van der Waals surface area contributed by atoms with Crippen molar-refractivity contribution in [3.05, 3.63) is 64.6 Å². The SMILES string of the molecule is O=C(CCOCCc1cccc2c(=O)[nH]ncc12)N1CCN(c2nc3ccccc3o2)CC1. The smallest absolute Gasteiger partial charge is 0.298 e. The van der Waals surface area contributed by atoms with E-state index in [0.717, 1.165) is 22.0 Å². The Hall–Kier alpha value is -3.72. The summed E-state index contributed by atoms with van der Waals surface area (Å²) >= 11 is 0. The number of carbonyl (C=O) groups excluding carboxylic acids is 1. The molecule has 1 saturated heterocycles. The number of carbonyl (C=O) groups is 1. The summed E-state index contributed by atoms with van der Waals surface area (Å²) in [6.45, 7) is 3.49. The molecule has 0 spiro atoms.